The molecule has 0 spiro atoms. The molecule has 0 aliphatic carbocycles. The van der Waals surface area contributed by atoms with Crippen molar-refractivity contribution >= 4 is 17.5 Å². The number of nitrogens with one attached hydrogen (secondary N) is 2. The molecule has 0 atom stereocenters. The Kier molecular flexibility index (Phi) is 5.04. The predicted molar refractivity (Wildman–Crippen MR) is 84.5 cm³/mol. The highest BCUT2D eigenvalue weighted by atomic mass is 16.1. The summed E-state index contributed by atoms with van der Waals surface area (Å²) in [7, 11) is 0. The van der Waals surface area contributed by atoms with E-state index in [0.29, 0.717) is 18.2 Å². The van der Waals surface area contributed by atoms with E-state index in [-0.39, 0.29) is 5.91 Å². The van der Waals surface area contributed by atoms with E-state index in [1.807, 2.05) is 31.2 Å². The maximum absolute atomic E-state index is 12.3. The molecule has 2 N–H and O–H groups in total. The lowest BCUT2D eigenvalue weighted by molar-refractivity contribution is 0.102. The van der Waals surface area contributed by atoms with E-state index in [9.17, 15) is 4.79 Å². The van der Waals surface area contributed by atoms with Gasteiger partial charge in [-0.3, -0.25) is 4.79 Å². The third kappa shape index (κ3) is 3.89. The minimum Gasteiger partial charge on any atom is -0.351 e. The minimum atomic E-state index is -0.250. The summed E-state index contributed by atoms with van der Waals surface area (Å²) in [4.78, 5) is 20.5. The van der Waals surface area contributed by atoms with E-state index in [2.05, 4.69) is 27.2 Å². The fraction of sp³-hybridized carbons (Fsp3) is 0.188. The molecule has 5 heteroatoms. The van der Waals surface area contributed by atoms with Crippen LogP contribution in [0, 0.1) is 0 Å². The van der Waals surface area contributed by atoms with Crippen LogP contribution in [0.1, 0.15) is 23.0 Å². The molecule has 0 unspecified atom stereocenters. The molecule has 0 bridgehead atoms. The highest BCUT2D eigenvalue weighted by Crippen LogP contribution is 2.16. The normalized spacial score (nSPS) is 9.95. The van der Waals surface area contributed by atoms with Crippen LogP contribution in [-0.4, -0.2) is 22.4 Å². The lowest BCUT2D eigenvalue weighted by atomic mass is 10.1. The number of hydrogen-bond donors (Lipinski definition) is 2. The Morgan fingerprint density at radius 1 is 1.33 bits per heavy atom. The Hall–Kier alpha value is -2.69. The van der Waals surface area contributed by atoms with Crippen molar-refractivity contribution in [2.45, 2.75) is 13.3 Å². The Morgan fingerprint density at radius 3 is 2.90 bits per heavy atom. The second kappa shape index (κ2) is 7.19. The zero-order chi connectivity index (χ0) is 15.1. The molecule has 0 saturated carbocycles. The van der Waals surface area contributed by atoms with Crippen molar-refractivity contribution in [1.29, 1.82) is 0 Å². The van der Waals surface area contributed by atoms with Crippen molar-refractivity contribution in [3.63, 3.8) is 0 Å². The first-order valence-electron chi connectivity index (χ1n) is 6.81. The van der Waals surface area contributed by atoms with Crippen molar-refractivity contribution < 1.29 is 4.79 Å². The standard InChI is InChI=1S/C16H18N4O/c1-3-10-17-16-18-11-9-14(20-16)15(21)19-13-8-6-5-7-12(13)4-2/h3,5-9,11H,1,4,10H2,2H3,(H,19,21)(H,17,18,20). The van der Waals surface area contributed by atoms with E-state index >= 15 is 0 Å². The van der Waals surface area contributed by atoms with Gasteiger partial charge in [0.25, 0.3) is 5.91 Å². The topological polar surface area (TPSA) is 66.9 Å². The lowest BCUT2D eigenvalue weighted by Crippen LogP contribution is -2.16. The van der Waals surface area contributed by atoms with Gasteiger partial charge in [0.15, 0.2) is 0 Å². The highest BCUT2D eigenvalue weighted by molar-refractivity contribution is 6.03. The molecule has 1 amide bonds. The zero-order valence-electron chi connectivity index (χ0n) is 12.0. The molecule has 5 nitrogen and oxygen atoms in total. The van der Waals surface area contributed by atoms with Crippen LogP contribution in [0.2, 0.25) is 0 Å². The second-order valence-corrected chi connectivity index (χ2v) is 4.40. The van der Waals surface area contributed by atoms with Crippen molar-refractivity contribution in [2.75, 3.05) is 17.2 Å². The maximum Gasteiger partial charge on any atom is 0.274 e. The first kappa shape index (κ1) is 14.7. The molecular weight excluding hydrogens is 264 g/mol. The summed E-state index contributed by atoms with van der Waals surface area (Å²) in [5.74, 6) is 0.159. The zero-order valence-corrected chi connectivity index (χ0v) is 12.0. The number of aromatic nitrogens is 2. The summed E-state index contributed by atoms with van der Waals surface area (Å²) in [6.07, 6.45) is 4.11. The number of nitrogens with zero attached hydrogens (tertiary/aromatic N) is 2. The van der Waals surface area contributed by atoms with E-state index in [4.69, 9.17) is 0 Å². The average Bonchev–Trinajstić information content (AvgIpc) is 2.53. The Bertz CT molecular complexity index is 640. The van der Waals surface area contributed by atoms with Crippen LogP contribution in [0.4, 0.5) is 11.6 Å². The molecule has 21 heavy (non-hydrogen) atoms. The molecule has 1 aromatic carbocycles. The molecule has 1 aromatic heterocycles. The van der Waals surface area contributed by atoms with Crippen LogP contribution < -0.4 is 10.6 Å². The van der Waals surface area contributed by atoms with Gasteiger partial charge in [-0.05, 0) is 24.1 Å². The Morgan fingerprint density at radius 2 is 2.14 bits per heavy atom. The van der Waals surface area contributed by atoms with Gasteiger partial charge in [0.2, 0.25) is 5.95 Å². The van der Waals surface area contributed by atoms with Crippen molar-refractivity contribution in [3.8, 4) is 0 Å². The summed E-state index contributed by atoms with van der Waals surface area (Å²) < 4.78 is 0. The Labute approximate surface area is 124 Å². The smallest absolute Gasteiger partial charge is 0.274 e. The Balaban J connectivity index is 2.14. The fourth-order valence-electron chi connectivity index (χ4n) is 1.87. The van der Waals surface area contributed by atoms with Crippen molar-refractivity contribution in [2.24, 2.45) is 0 Å². The summed E-state index contributed by atoms with van der Waals surface area (Å²) in [6, 6.07) is 9.31. The molecule has 108 valence electrons. The highest BCUT2D eigenvalue weighted by Gasteiger charge is 2.10. The second-order valence-electron chi connectivity index (χ2n) is 4.40. The number of benzene rings is 1. The molecule has 2 aromatic rings. The van der Waals surface area contributed by atoms with E-state index in [1.54, 1.807) is 18.3 Å². The monoisotopic (exact) mass is 282 g/mol. The van der Waals surface area contributed by atoms with Crippen molar-refractivity contribution in [3.05, 3.63) is 60.4 Å². The number of hydrogen-bond acceptors (Lipinski definition) is 4. The van der Waals surface area contributed by atoms with Crippen LogP contribution in [0.3, 0.4) is 0 Å². The largest absolute Gasteiger partial charge is 0.351 e. The van der Waals surface area contributed by atoms with E-state index < -0.39 is 0 Å². The van der Waals surface area contributed by atoms with Gasteiger partial charge in [-0.1, -0.05) is 31.2 Å². The minimum absolute atomic E-state index is 0.250. The molecule has 0 aliphatic heterocycles. The number of anilines is 2. The van der Waals surface area contributed by atoms with Crippen LogP contribution in [-0.2, 0) is 6.42 Å². The number of carbonyl (C=O) groups excluding carboxylic acids is 1. The number of amides is 1. The number of aryl methyl sites for hydroxylation is 1. The summed E-state index contributed by atoms with van der Waals surface area (Å²) in [6.45, 7) is 6.20. The quantitative estimate of drug-likeness (QED) is 0.799. The number of carbonyl (C=O) groups is 1. The van der Waals surface area contributed by atoms with Gasteiger partial charge in [0.05, 0.1) is 0 Å². The van der Waals surface area contributed by atoms with Gasteiger partial charge in [-0.25, -0.2) is 9.97 Å². The maximum atomic E-state index is 12.3. The number of para-hydroxylation sites is 1. The third-order valence-corrected chi connectivity index (χ3v) is 2.94. The number of rotatable bonds is 6. The van der Waals surface area contributed by atoms with Crippen LogP contribution in [0.5, 0.6) is 0 Å². The van der Waals surface area contributed by atoms with Gasteiger partial charge < -0.3 is 10.6 Å². The lowest BCUT2D eigenvalue weighted by Gasteiger charge is -2.09. The summed E-state index contributed by atoms with van der Waals surface area (Å²) >= 11 is 0. The summed E-state index contributed by atoms with van der Waals surface area (Å²) in [5, 5.41) is 5.84. The predicted octanol–water partition coefficient (Wildman–Crippen LogP) is 2.89. The average molecular weight is 282 g/mol. The van der Waals surface area contributed by atoms with Gasteiger partial charge in [-0.2, -0.15) is 0 Å². The molecule has 0 fully saturated rings. The fourth-order valence-corrected chi connectivity index (χ4v) is 1.87. The molecule has 1 heterocycles. The molecular formula is C16H18N4O. The molecule has 0 radical (unpaired) electrons. The van der Waals surface area contributed by atoms with Crippen molar-refractivity contribution in [1.82, 2.24) is 9.97 Å². The molecule has 0 aliphatic rings. The summed E-state index contributed by atoms with van der Waals surface area (Å²) in [5.41, 5.74) is 2.22. The van der Waals surface area contributed by atoms with E-state index in [1.165, 1.54) is 0 Å². The first-order valence-corrected chi connectivity index (χ1v) is 6.81. The van der Waals surface area contributed by atoms with Crippen LogP contribution in [0.25, 0.3) is 0 Å². The van der Waals surface area contributed by atoms with Gasteiger partial charge >= 0.3 is 0 Å². The third-order valence-electron chi connectivity index (χ3n) is 2.94. The van der Waals surface area contributed by atoms with Gasteiger partial charge in [-0.15, -0.1) is 6.58 Å². The SMILES string of the molecule is C=CCNc1nccc(C(=O)Nc2ccccc2CC)n1. The van der Waals surface area contributed by atoms with Crippen LogP contribution in [0.15, 0.2) is 49.2 Å². The van der Waals surface area contributed by atoms with Crippen LogP contribution >= 0.6 is 0 Å². The first-order chi connectivity index (χ1) is 10.2. The van der Waals surface area contributed by atoms with Gasteiger partial charge in [0, 0.05) is 18.4 Å². The van der Waals surface area contributed by atoms with E-state index in [0.717, 1.165) is 17.7 Å². The van der Waals surface area contributed by atoms with Gasteiger partial charge in [0.1, 0.15) is 5.69 Å². The molecule has 2 rings (SSSR count). The molecule has 0 saturated heterocycles.